The number of benzene rings is 3. The van der Waals surface area contributed by atoms with Crippen molar-refractivity contribution in [3.63, 3.8) is 0 Å². The number of anilines is 1. The number of nitrogens with one attached hydrogen (secondary N) is 1. The molecule has 0 aliphatic carbocycles. The van der Waals surface area contributed by atoms with Crippen LogP contribution >= 0.6 is 23.2 Å². The highest BCUT2D eigenvalue weighted by atomic mass is 35.5. The van der Waals surface area contributed by atoms with Crippen molar-refractivity contribution in [2.45, 2.75) is 77.4 Å². The van der Waals surface area contributed by atoms with E-state index >= 15 is 0 Å². The molecule has 226 valence electrons. The largest absolute Gasteiger partial charge is 0.352 e. The molecule has 0 spiro atoms. The van der Waals surface area contributed by atoms with Crippen molar-refractivity contribution in [2.75, 3.05) is 10.8 Å². The van der Waals surface area contributed by atoms with Crippen molar-refractivity contribution in [1.82, 2.24) is 10.2 Å². The Bertz CT molecular complexity index is 1490. The van der Waals surface area contributed by atoms with Gasteiger partial charge in [0.05, 0.1) is 20.6 Å². The number of amides is 2. The number of carbonyl (C=O) groups excluding carboxylic acids is 2. The summed E-state index contributed by atoms with van der Waals surface area (Å²) in [6, 6.07) is 17.6. The van der Waals surface area contributed by atoms with E-state index in [0.29, 0.717) is 27.7 Å². The number of nitrogens with zero attached hydrogens (tertiary/aromatic N) is 2. The summed E-state index contributed by atoms with van der Waals surface area (Å²) in [4.78, 5) is 28.9. The molecular weight excluding hydrogens is 593 g/mol. The molecule has 10 heteroatoms. The third-order valence-corrected chi connectivity index (χ3v) is 9.42. The van der Waals surface area contributed by atoms with Gasteiger partial charge in [-0.3, -0.25) is 13.9 Å². The molecule has 2 amide bonds. The van der Waals surface area contributed by atoms with Gasteiger partial charge in [0.2, 0.25) is 11.8 Å². The lowest BCUT2D eigenvalue weighted by Gasteiger charge is -2.33. The summed E-state index contributed by atoms with van der Waals surface area (Å²) in [5, 5.41) is 3.57. The zero-order valence-corrected chi connectivity index (χ0v) is 27.2. The van der Waals surface area contributed by atoms with Gasteiger partial charge in [0.15, 0.2) is 0 Å². The first-order valence-electron chi connectivity index (χ1n) is 14.0. The predicted octanol–water partition coefficient (Wildman–Crippen LogP) is 6.95. The fourth-order valence-corrected chi connectivity index (χ4v) is 6.26. The lowest BCUT2D eigenvalue weighted by atomic mass is 10.0. The van der Waals surface area contributed by atoms with Crippen LogP contribution in [0.2, 0.25) is 10.0 Å². The molecule has 0 fully saturated rings. The summed E-state index contributed by atoms with van der Waals surface area (Å²) in [6.07, 6.45) is 0.319. The fourth-order valence-electron chi connectivity index (χ4n) is 4.53. The van der Waals surface area contributed by atoms with Crippen molar-refractivity contribution in [3.05, 3.63) is 93.5 Å². The molecule has 0 aromatic heterocycles. The molecular formula is C32H39Cl2N3O4S. The minimum absolute atomic E-state index is 0.0322. The Labute approximate surface area is 259 Å². The van der Waals surface area contributed by atoms with Crippen LogP contribution in [0.4, 0.5) is 5.69 Å². The highest BCUT2D eigenvalue weighted by molar-refractivity contribution is 7.92. The first-order valence-corrected chi connectivity index (χ1v) is 16.2. The SMILES string of the molecule is CC[C@H](C(=O)NC(C)C)N(Cc1ccc(Cl)c(Cl)c1)C(=O)CN(c1ccc(C(C)C)cc1)S(=O)(=O)c1ccc(C)cc1. The van der Waals surface area contributed by atoms with E-state index in [4.69, 9.17) is 23.2 Å². The molecule has 0 saturated heterocycles. The number of sulfonamides is 1. The van der Waals surface area contributed by atoms with E-state index in [-0.39, 0.29) is 29.3 Å². The lowest BCUT2D eigenvalue weighted by Crippen LogP contribution is -2.53. The van der Waals surface area contributed by atoms with Crippen LogP contribution in [0.1, 0.15) is 63.6 Å². The van der Waals surface area contributed by atoms with Gasteiger partial charge < -0.3 is 10.2 Å². The highest BCUT2D eigenvalue weighted by Gasteiger charge is 2.34. The van der Waals surface area contributed by atoms with Crippen molar-refractivity contribution < 1.29 is 18.0 Å². The Hall–Kier alpha value is -3.07. The summed E-state index contributed by atoms with van der Waals surface area (Å²) >= 11 is 12.4. The molecule has 3 rings (SSSR count). The standard InChI is InChI=1S/C32H39Cl2N3O4S/c1-7-30(32(39)35-22(4)5)36(19-24-10-17-28(33)29(34)18-24)31(38)20-37(26-13-11-25(12-14-26)21(2)3)42(40,41)27-15-8-23(6)9-16-27/h8-18,21-22,30H,7,19-20H2,1-6H3,(H,35,39)/t30-/m1/s1. The zero-order valence-electron chi connectivity index (χ0n) is 24.9. The van der Waals surface area contributed by atoms with Crippen LogP contribution in [0, 0.1) is 6.92 Å². The van der Waals surface area contributed by atoms with Crippen LogP contribution in [0.25, 0.3) is 0 Å². The van der Waals surface area contributed by atoms with Gasteiger partial charge in [-0.2, -0.15) is 0 Å². The Kier molecular flexibility index (Phi) is 11.5. The lowest BCUT2D eigenvalue weighted by molar-refractivity contribution is -0.140. The Morgan fingerprint density at radius 1 is 0.881 bits per heavy atom. The Balaban J connectivity index is 2.09. The van der Waals surface area contributed by atoms with Gasteiger partial charge in [0, 0.05) is 12.6 Å². The van der Waals surface area contributed by atoms with Crippen LogP contribution in [0.15, 0.2) is 71.6 Å². The summed E-state index contributed by atoms with van der Waals surface area (Å²) < 4.78 is 29.2. The van der Waals surface area contributed by atoms with Gasteiger partial charge in [-0.05, 0) is 80.6 Å². The van der Waals surface area contributed by atoms with Gasteiger partial charge in [-0.25, -0.2) is 8.42 Å². The molecule has 0 heterocycles. The van der Waals surface area contributed by atoms with Crippen LogP contribution in [0.3, 0.4) is 0 Å². The number of aryl methyl sites for hydroxylation is 1. The average Bonchev–Trinajstić information content (AvgIpc) is 2.93. The predicted molar refractivity (Wildman–Crippen MR) is 171 cm³/mol. The van der Waals surface area contributed by atoms with E-state index in [1.165, 1.54) is 17.0 Å². The van der Waals surface area contributed by atoms with E-state index in [0.717, 1.165) is 15.4 Å². The van der Waals surface area contributed by atoms with Gasteiger partial charge in [-0.15, -0.1) is 0 Å². The van der Waals surface area contributed by atoms with Gasteiger partial charge >= 0.3 is 0 Å². The van der Waals surface area contributed by atoms with E-state index < -0.39 is 28.5 Å². The summed E-state index contributed by atoms with van der Waals surface area (Å²) in [5.74, 6) is -0.611. The first kappa shape index (κ1) is 33.4. The first-order chi connectivity index (χ1) is 19.7. The Morgan fingerprint density at radius 2 is 1.50 bits per heavy atom. The molecule has 42 heavy (non-hydrogen) atoms. The second-order valence-electron chi connectivity index (χ2n) is 10.9. The van der Waals surface area contributed by atoms with Crippen molar-refractivity contribution in [1.29, 1.82) is 0 Å². The number of carbonyl (C=O) groups is 2. The molecule has 1 atom stereocenters. The number of hydrogen-bond donors (Lipinski definition) is 1. The van der Waals surface area contributed by atoms with Crippen LogP contribution in [0.5, 0.6) is 0 Å². The normalized spacial score (nSPS) is 12.3. The monoisotopic (exact) mass is 631 g/mol. The maximum Gasteiger partial charge on any atom is 0.264 e. The molecule has 7 nitrogen and oxygen atoms in total. The average molecular weight is 633 g/mol. The van der Waals surface area contributed by atoms with Gasteiger partial charge in [0.1, 0.15) is 12.6 Å². The molecule has 0 aliphatic rings. The van der Waals surface area contributed by atoms with Crippen molar-refractivity contribution in [3.8, 4) is 0 Å². The molecule has 3 aromatic rings. The molecule has 3 aromatic carbocycles. The minimum atomic E-state index is -4.14. The fraction of sp³-hybridized carbons (Fsp3) is 0.375. The Morgan fingerprint density at radius 3 is 2.02 bits per heavy atom. The molecule has 0 radical (unpaired) electrons. The maximum absolute atomic E-state index is 14.2. The smallest absolute Gasteiger partial charge is 0.264 e. The number of rotatable bonds is 12. The van der Waals surface area contributed by atoms with Gasteiger partial charge in [0.25, 0.3) is 10.0 Å². The number of halogens is 2. The van der Waals surface area contributed by atoms with Crippen molar-refractivity contribution >= 4 is 50.7 Å². The summed E-state index contributed by atoms with van der Waals surface area (Å²) in [6.45, 7) is 11.0. The second kappa shape index (κ2) is 14.4. The minimum Gasteiger partial charge on any atom is -0.352 e. The van der Waals surface area contributed by atoms with Gasteiger partial charge in [-0.1, -0.05) is 79.9 Å². The van der Waals surface area contributed by atoms with Crippen LogP contribution in [-0.4, -0.2) is 43.8 Å². The third-order valence-electron chi connectivity index (χ3n) is 6.89. The topological polar surface area (TPSA) is 86.8 Å². The zero-order chi connectivity index (χ0) is 31.2. The number of hydrogen-bond acceptors (Lipinski definition) is 4. The molecule has 0 aliphatic heterocycles. The van der Waals surface area contributed by atoms with E-state index in [2.05, 4.69) is 5.32 Å². The van der Waals surface area contributed by atoms with E-state index in [1.807, 2.05) is 53.7 Å². The quantitative estimate of drug-likeness (QED) is 0.234. The van der Waals surface area contributed by atoms with E-state index in [9.17, 15) is 18.0 Å². The van der Waals surface area contributed by atoms with Crippen LogP contribution < -0.4 is 9.62 Å². The third kappa shape index (κ3) is 8.27. The maximum atomic E-state index is 14.2. The van der Waals surface area contributed by atoms with E-state index in [1.54, 1.807) is 42.5 Å². The summed E-state index contributed by atoms with van der Waals surface area (Å²) in [5.41, 5.74) is 2.95. The highest BCUT2D eigenvalue weighted by Crippen LogP contribution is 2.28. The molecule has 0 saturated carbocycles. The second-order valence-corrected chi connectivity index (χ2v) is 13.6. The molecule has 0 unspecified atom stereocenters. The van der Waals surface area contributed by atoms with Crippen molar-refractivity contribution in [2.24, 2.45) is 0 Å². The molecule has 1 N–H and O–H groups in total. The van der Waals surface area contributed by atoms with Crippen LogP contribution in [-0.2, 0) is 26.2 Å². The molecule has 0 bridgehead atoms. The summed E-state index contributed by atoms with van der Waals surface area (Å²) in [7, 11) is -4.14.